The summed E-state index contributed by atoms with van der Waals surface area (Å²) in [7, 11) is 1.78. The molecule has 1 saturated carbocycles. The van der Waals surface area contributed by atoms with Gasteiger partial charge in [-0.25, -0.2) is 0 Å². The smallest absolute Gasteiger partial charge is 0.191 e. The summed E-state index contributed by atoms with van der Waals surface area (Å²) in [5.41, 5.74) is 1.14. The molecule has 0 aliphatic heterocycles. The second kappa shape index (κ2) is 9.22. The van der Waals surface area contributed by atoms with Crippen molar-refractivity contribution < 1.29 is 4.74 Å². The van der Waals surface area contributed by atoms with Crippen LogP contribution in [-0.2, 0) is 19.5 Å². The zero-order chi connectivity index (χ0) is 18.2. The highest BCUT2D eigenvalue weighted by atomic mass is 16.5. The van der Waals surface area contributed by atoms with Gasteiger partial charge in [-0.15, -0.1) is 10.2 Å². The highest BCUT2D eigenvalue weighted by Crippen LogP contribution is 2.30. The summed E-state index contributed by atoms with van der Waals surface area (Å²) in [6, 6.07) is 8.18. The van der Waals surface area contributed by atoms with E-state index in [1.807, 2.05) is 18.2 Å². The van der Waals surface area contributed by atoms with Gasteiger partial charge in [0.1, 0.15) is 17.9 Å². The number of nitrogens with zero attached hydrogens (tertiary/aromatic N) is 4. The molecule has 26 heavy (non-hydrogen) atoms. The number of aliphatic imine (C=N–C) groups is 1. The van der Waals surface area contributed by atoms with Crippen molar-refractivity contribution in [3.63, 3.8) is 0 Å². The van der Waals surface area contributed by atoms with E-state index >= 15 is 0 Å². The maximum atomic E-state index is 5.97. The molecule has 0 bridgehead atoms. The average Bonchev–Trinajstić information content (AvgIpc) is 3.40. The number of aryl methyl sites for hydroxylation is 1. The second-order valence-electron chi connectivity index (χ2n) is 6.51. The molecule has 3 rings (SSSR count). The first-order valence-electron chi connectivity index (χ1n) is 9.32. The summed E-state index contributed by atoms with van der Waals surface area (Å²) in [6.45, 7) is 5.13. The third-order valence-electron chi connectivity index (χ3n) is 4.47. The lowest BCUT2D eigenvalue weighted by Crippen LogP contribution is -2.38. The van der Waals surface area contributed by atoms with Gasteiger partial charge in [0.2, 0.25) is 0 Å². The molecular weight excluding hydrogens is 328 g/mol. The minimum Gasteiger partial charge on any atom is -0.493 e. The molecular formula is C19H28N6O. The fourth-order valence-corrected chi connectivity index (χ4v) is 2.72. The fourth-order valence-electron chi connectivity index (χ4n) is 2.72. The highest BCUT2D eigenvalue weighted by Gasteiger charge is 2.22. The minimum atomic E-state index is 0.674. The van der Waals surface area contributed by atoms with Crippen LogP contribution in [0.5, 0.6) is 5.75 Å². The molecule has 7 heteroatoms. The Balaban J connectivity index is 1.46. The lowest BCUT2D eigenvalue weighted by molar-refractivity contribution is 0.296. The Kier molecular flexibility index (Phi) is 6.46. The van der Waals surface area contributed by atoms with E-state index in [0.29, 0.717) is 6.54 Å². The minimum absolute atomic E-state index is 0.674. The summed E-state index contributed by atoms with van der Waals surface area (Å²) in [6.07, 6.45) is 5.24. The van der Waals surface area contributed by atoms with Crippen molar-refractivity contribution in [1.82, 2.24) is 25.4 Å². The third-order valence-corrected chi connectivity index (χ3v) is 4.47. The number of benzene rings is 1. The molecule has 0 saturated heterocycles. The first-order chi connectivity index (χ1) is 12.8. The van der Waals surface area contributed by atoms with Gasteiger partial charge in [0.15, 0.2) is 5.96 Å². The average molecular weight is 356 g/mol. The van der Waals surface area contributed by atoms with Crippen LogP contribution in [0.15, 0.2) is 35.6 Å². The summed E-state index contributed by atoms with van der Waals surface area (Å²) in [4.78, 5) is 4.29. The van der Waals surface area contributed by atoms with Gasteiger partial charge in [0.25, 0.3) is 0 Å². The zero-order valence-corrected chi connectivity index (χ0v) is 15.6. The van der Waals surface area contributed by atoms with Crippen LogP contribution >= 0.6 is 0 Å². The van der Waals surface area contributed by atoms with Gasteiger partial charge in [-0.3, -0.25) is 4.99 Å². The fraction of sp³-hybridized carbons (Fsp3) is 0.526. The Bertz CT molecular complexity index is 722. The number of guanidine groups is 1. The van der Waals surface area contributed by atoms with Crippen LogP contribution in [0.1, 0.15) is 31.2 Å². The third kappa shape index (κ3) is 5.21. The lowest BCUT2D eigenvalue weighted by atomic mass is 10.2. The van der Waals surface area contributed by atoms with E-state index in [2.05, 4.69) is 43.4 Å². The van der Waals surface area contributed by atoms with E-state index in [1.165, 1.54) is 12.8 Å². The van der Waals surface area contributed by atoms with E-state index in [9.17, 15) is 0 Å². The highest BCUT2D eigenvalue weighted by molar-refractivity contribution is 5.79. The van der Waals surface area contributed by atoms with Crippen LogP contribution in [0.3, 0.4) is 0 Å². The molecule has 1 aromatic heterocycles. The molecule has 7 nitrogen and oxygen atoms in total. The molecule has 0 unspecified atom stereocenters. The molecule has 2 aromatic rings. The predicted molar refractivity (Wildman–Crippen MR) is 102 cm³/mol. The molecule has 1 fully saturated rings. The maximum Gasteiger partial charge on any atom is 0.191 e. The Hall–Kier alpha value is -2.57. The monoisotopic (exact) mass is 356 g/mol. The number of hydrogen-bond donors (Lipinski definition) is 2. The largest absolute Gasteiger partial charge is 0.493 e. The zero-order valence-electron chi connectivity index (χ0n) is 15.6. The van der Waals surface area contributed by atoms with Crippen LogP contribution in [0.4, 0.5) is 0 Å². The van der Waals surface area contributed by atoms with E-state index in [-0.39, 0.29) is 0 Å². The van der Waals surface area contributed by atoms with E-state index in [0.717, 1.165) is 55.1 Å². The number of aromatic nitrogens is 3. The standard InChI is InChI=1S/C19H28N6O/c1-3-18-24-23-14-25(18)11-10-21-19(20-2)22-12-16-6-4-5-7-17(16)26-13-15-8-9-15/h4-7,14-15H,3,8-13H2,1-2H3,(H2,20,21,22). The maximum absolute atomic E-state index is 5.97. The predicted octanol–water partition coefficient (Wildman–Crippen LogP) is 1.99. The van der Waals surface area contributed by atoms with Crippen molar-refractivity contribution in [2.45, 2.75) is 39.3 Å². The van der Waals surface area contributed by atoms with Gasteiger partial charge in [-0.1, -0.05) is 25.1 Å². The molecule has 0 spiro atoms. The summed E-state index contributed by atoms with van der Waals surface area (Å²) < 4.78 is 8.02. The van der Waals surface area contributed by atoms with Crippen LogP contribution in [0.2, 0.25) is 0 Å². The molecule has 2 N–H and O–H groups in total. The topological polar surface area (TPSA) is 76.4 Å². The summed E-state index contributed by atoms with van der Waals surface area (Å²) >= 11 is 0. The van der Waals surface area contributed by atoms with Crippen LogP contribution < -0.4 is 15.4 Å². The number of ether oxygens (including phenoxy) is 1. The van der Waals surface area contributed by atoms with E-state index in [4.69, 9.17) is 4.74 Å². The molecule has 1 aromatic carbocycles. The molecule has 0 atom stereocenters. The van der Waals surface area contributed by atoms with Gasteiger partial charge in [0, 0.05) is 38.7 Å². The first kappa shape index (κ1) is 18.2. The number of rotatable bonds is 9. The Morgan fingerprint density at radius 1 is 1.31 bits per heavy atom. The van der Waals surface area contributed by atoms with Crippen molar-refractivity contribution in [2.75, 3.05) is 20.2 Å². The SMILES string of the molecule is CCc1nncn1CCNC(=NC)NCc1ccccc1OCC1CC1. The Morgan fingerprint density at radius 3 is 2.92 bits per heavy atom. The molecule has 1 heterocycles. The first-order valence-corrected chi connectivity index (χ1v) is 9.32. The van der Waals surface area contributed by atoms with Crippen LogP contribution in [-0.4, -0.2) is 40.9 Å². The van der Waals surface area contributed by atoms with Gasteiger partial charge in [-0.05, 0) is 24.8 Å². The summed E-state index contributed by atoms with van der Waals surface area (Å²) in [5, 5.41) is 14.7. The quantitative estimate of drug-likeness (QED) is 0.531. The Labute approximate surface area is 154 Å². The number of hydrogen-bond acceptors (Lipinski definition) is 4. The number of para-hydroxylation sites is 1. The Morgan fingerprint density at radius 2 is 2.15 bits per heavy atom. The van der Waals surface area contributed by atoms with Crippen molar-refractivity contribution in [3.05, 3.63) is 42.0 Å². The normalized spacial score (nSPS) is 14.3. The molecule has 1 aliphatic rings. The van der Waals surface area contributed by atoms with Gasteiger partial charge >= 0.3 is 0 Å². The lowest BCUT2D eigenvalue weighted by Gasteiger charge is -2.15. The van der Waals surface area contributed by atoms with E-state index in [1.54, 1.807) is 13.4 Å². The van der Waals surface area contributed by atoms with Crippen molar-refractivity contribution in [2.24, 2.45) is 10.9 Å². The van der Waals surface area contributed by atoms with Crippen molar-refractivity contribution in [3.8, 4) is 5.75 Å². The van der Waals surface area contributed by atoms with E-state index < -0.39 is 0 Å². The van der Waals surface area contributed by atoms with Crippen LogP contribution in [0.25, 0.3) is 0 Å². The van der Waals surface area contributed by atoms with Crippen molar-refractivity contribution >= 4 is 5.96 Å². The van der Waals surface area contributed by atoms with Gasteiger partial charge in [-0.2, -0.15) is 0 Å². The molecule has 0 amide bonds. The second-order valence-corrected chi connectivity index (χ2v) is 6.51. The molecule has 140 valence electrons. The molecule has 1 aliphatic carbocycles. The van der Waals surface area contributed by atoms with Gasteiger partial charge < -0.3 is 19.9 Å². The van der Waals surface area contributed by atoms with Crippen molar-refractivity contribution in [1.29, 1.82) is 0 Å². The molecule has 0 radical (unpaired) electrons. The van der Waals surface area contributed by atoms with Crippen LogP contribution in [0, 0.1) is 5.92 Å². The summed E-state index contributed by atoms with van der Waals surface area (Å²) in [5.74, 6) is 3.47. The van der Waals surface area contributed by atoms with Gasteiger partial charge in [0.05, 0.1) is 6.61 Å². The number of nitrogens with one attached hydrogen (secondary N) is 2.